The van der Waals surface area contributed by atoms with Crippen LogP contribution in [-0.2, 0) is 38.5 Å². The Labute approximate surface area is 355 Å². The molecule has 13 nitrogen and oxygen atoms in total. The van der Waals surface area contributed by atoms with Gasteiger partial charge in [-0.1, -0.05) is 69.7 Å². The number of hydrogen-bond acceptors (Lipinski definition) is 11. The summed E-state index contributed by atoms with van der Waals surface area (Å²) >= 11 is 1.76. The largest absolute Gasteiger partial charge is 0.491 e. The number of carbonyl (C=O) groups excluding carboxylic acids is 2. The topological polar surface area (TPSA) is 148 Å². The summed E-state index contributed by atoms with van der Waals surface area (Å²) in [4.78, 5) is 44.3. The van der Waals surface area contributed by atoms with Crippen LogP contribution in [0.25, 0.3) is 22.2 Å². The van der Waals surface area contributed by atoms with Gasteiger partial charge < -0.3 is 28.5 Å². The van der Waals surface area contributed by atoms with E-state index in [0.717, 1.165) is 68.8 Å². The van der Waals surface area contributed by atoms with Crippen molar-refractivity contribution >= 4 is 40.2 Å². The third-order valence-corrected chi connectivity index (χ3v) is 11.7. The van der Waals surface area contributed by atoms with Crippen molar-refractivity contribution in [1.29, 1.82) is 0 Å². The Hall–Kier alpha value is -5.63. The first kappa shape index (κ1) is 43.9. The first-order valence-corrected chi connectivity index (χ1v) is 21.2. The highest BCUT2D eigenvalue weighted by Gasteiger charge is 2.35. The van der Waals surface area contributed by atoms with E-state index in [0.29, 0.717) is 44.0 Å². The smallest absolute Gasteiger partial charge is 0.311 e. The zero-order chi connectivity index (χ0) is 43.0. The molecule has 1 atom stereocenters. The number of carbonyl (C=O) groups is 2. The molecule has 0 aliphatic carbocycles. The number of ether oxygens (including phenoxy) is 3. The number of thioether (sulfide) groups is 1. The zero-order valence-electron chi connectivity index (χ0n) is 35.6. The minimum absolute atomic E-state index is 0.0130. The highest BCUT2D eigenvalue weighted by Crippen LogP contribution is 2.45. The molecule has 6 rings (SSSR count). The van der Waals surface area contributed by atoms with Gasteiger partial charge in [-0.3, -0.25) is 9.59 Å². The molecule has 3 heterocycles. The number of unbranched alkanes of at least 4 members (excludes halogenated alkanes) is 3. The van der Waals surface area contributed by atoms with Gasteiger partial charge in [-0.25, -0.2) is 0 Å². The number of esters is 1. The monoisotopic (exact) mass is 837 g/mol. The van der Waals surface area contributed by atoms with Gasteiger partial charge in [0.2, 0.25) is 11.8 Å². The maximum Gasteiger partial charge on any atom is 0.311 e. The van der Waals surface area contributed by atoms with Gasteiger partial charge in [0.15, 0.2) is 0 Å². The van der Waals surface area contributed by atoms with Crippen molar-refractivity contribution in [1.82, 2.24) is 14.8 Å². The van der Waals surface area contributed by atoms with E-state index in [1.807, 2.05) is 61.2 Å². The lowest BCUT2D eigenvalue weighted by atomic mass is 9.87. The van der Waals surface area contributed by atoms with E-state index in [1.165, 1.54) is 0 Å². The second-order valence-corrected chi connectivity index (χ2v) is 18.6. The first-order chi connectivity index (χ1) is 28.6. The third-order valence-electron chi connectivity index (χ3n) is 10.4. The number of amides is 1. The van der Waals surface area contributed by atoms with Gasteiger partial charge in [-0.05, 0) is 81.0 Å². The summed E-state index contributed by atoms with van der Waals surface area (Å²) in [5.41, 5.74) is 5.97. The zero-order valence-corrected chi connectivity index (χ0v) is 36.4. The van der Waals surface area contributed by atoms with Crippen LogP contribution < -0.4 is 14.4 Å². The molecule has 2 aromatic heterocycles. The summed E-state index contributed by atoms with van der Waals surface area (Å²) in [5, 5.41) is 19.1. The number of nitrogens with zero attached hydrogens (tertiary/aromatic N) is 5. The van der Waals surface area contributed by atoms with Crippen molar-refractivity contribution in [2.24, 2.45) is 5.41 Å². The second-order valence-electron chi connectivity index (χ2n) is 16.8. The Balaban J connectivity index is 1.30. The summed E-state index contributed by atoms with van der Waals surface area (Å²) in [6, 6.07) is 26.0. The molecule has 60 heavy (non-hydrogen) atoms. The summed E-state index contributed by atoms with van der Waals surface area (Å²) in [7, 11) is 1.56. The van der Waals surface area contributed by atoms with Gasteiger partial charge in [0.05, 0.1) is 37.5 Å². The molecule has 1 aliphatic heterocycles. The van der Waals surface area contributed by atoms with Crippen molar-refractivity contribution in [3.8, 4) is 22.9 Å². The first-order valence-electron chi connectivity index (χ1n) is 20.4. The number of rotatable bonds is 19. The lowest BCUT2D eigenvalue weighted by Gasteiger charge is -2.26. The molecule has 0 saturated carbocycles. The fraction of sp³-hybridized carbons (Fsp3) is 0.435. The summed E-state index contributed by atoms with van der Waals surface area (Å²) in [5.74, 6) is 0.854. The number of fused-ring (bicyclic) bond motifs is 2. The highest BCUT2D eigenvalue weighted by atomic mass is 32.2. The van der Waals surface area contributed by atoms with E-state index in [-0.39, 0.29) is 35.9 Å². The number of methoxy groups -OCH3 is 1. The Morgan fingerprint density at radius 1 is 0.917 bits per heavy atom. The standard InChI is InChI=1S/C46H55N5O8S/c1-31(52)50-35(26-34-14-10-11-15-39(34)50)30-58-36-20-22-40-37(27-36)43(60-45(2,3)4)41(28-46(5,6)44(53)57-24-12-8-9-13-25-59-51(54)55)49(40)29-32-16-18-33(19-17-32)38-21-23-42(56-7)48-47-38/h10-11,14-23,27,35H,8-9,12-13,24-26,28-30H2,1-7H3/t35-/m0/s1. The predicted octanol–water partition coefficient (Wildman–Crippen LogP) is 9.28. The Morgan fingerprint density at radius 2 is 1.65 bits per heavy atom. The minimum Gasteiger partial charge on any atom is -0.491 e. The third kappa shape index (κ3) is 10.9. The Bertz CT molecular complexity index is 2290. The van der Waals surface area contributed by atoms with E-state index >= 15 is 0 Å². The molecule has 3 aromatic carbocycles. The van der Waals surface area contributed by atoms with Crippen LogP contribution in [-0.4, -0.2) is 69.4 Å². The molecule has 1 aliphatic rings. The SMILES string of the molecule is COc1ccc(-c2ccc(Cn3c(CC(C)(C)C(=O)OCCCCCCO[N+](=O)[O-])c(SC(C)(C)C)c4cc(OC[C@@H]5Cc6ccccc6N5C(C)=O)ccc43)cc2)nn1. The lowest BCUT2D eigenvalue weighted by molar-refractivity contribution is -0.757. The summed E-state index contributed by atoms with van der Waals surface area (Å²) in [6.45, 7) is 13.2. The maximum atomic E-state index is 13.8. The molecule has 0 fully saturated rings. The van der Waals surface area contributed by atoms with Crippen molar-refractivity contribution < 1.29 is 33.7 Å². The molecule has 5 aromatic rings. The molecule has 0 spiro atoms. The number of para-hydroxylation sites is 1. The van der Waals surface area contributed by atoms with Gasteiger partial charge in [0.25, 0.3) is 5.09 Å². The van der Waals surface area contributed by atoms with E-state index in [2.05, 4.69) is 70.7 Å². The molecule has 0 unspecified atom stereocenters. The van der Waals surface area contributed by atoms with Crippen molar-refractivity contribution in [2.75, 3.05) is 31.8 Å². The number of benzene rings is 3. The Morgan fingerprint density at radius 3 is 2.32 bits per heavy atom. The average Bonchev–Trinajstić information content (AvgIpc) is 3.71. The lowest BCUT2D eigenvalue weighted by Crippen LogP contribution is -2.40. The fourth-order valence-corrected chi connectivity index (χ4v) is 8.72. The second kappa shape index (κ2) is 19.2. The highest BCUT2D eigenvalue weighted by molar-refractivity contribution is 8.00. The van der Waals surface area contributed by atoms with E-state index in [4.69, 9.17) is 14.2 Å². The van der Waals surface area contributed by atoms with Crippen LogP contribution in [0, 0.1) is 15.5 Å². The van der Waals surface area contributed by atoms with E-state index in [1.54, 1.807) is 31.9 Å². The van der Waals surface area contributed by atoms with Crippen molar-refractivity contribution in [3.05, 3.63) is 106 Å². The molecule has 0 bridgehead atoms. The molecule has 0 saturated heterocycles. The Kier molecular flexibility index (Phi) is 14.0. The summed E-state index contributed by atoms with van der Waals surface area (Å²) < 4.78 is 19.7. The molecular formula is C46H55N5O8S. The van der Waals surface area contributed by atoms with Crippen LogP contribution in [0.5, 0.6) is 11.6 Å². The van der Waals surface area contributed by atoms with Gasteiger partial charge in [-0.15, -0.1) is 32.1 Å². The predicted molar refractivity (Wildman–Crippen MR) is 233 cm³/mol. The molecule has 0 N–H and O–H groups in total. The van der Waals surface area contributed by atoms with Crippen LogP contribution in [0.2, 0.25) is 0 Å². The maximum absolute atomic E-state index is 13.8. The van der Waals surface area contributed by atoms with Crippen LogP contribution in [0.1, 0.15) is 84.0 Å². The van der Waals surface area contributed by atoms with Gasteiger partial charge in [-0.2, -0.15) is 0 Å². The molecule has 14 heteroatoms. The molecule has 318 valence electrons. The van der Waals surface area contributed by atoms with Gasteiger partial charge in [0.1, 0.15) is 12.4 Å². The van der Waals surface area contributed by atoms with Crippen LogP contribution in [0.15, 0.2) is 83.8 Å². The molecular weight excluding hydrogens is 783 g/mol. The summed E-state index contributed by atoms with van der Waals surface area (Å²) in [6.07, 6.45) is 3.87. The molecule has 1 amide bonds. The number of aromatic nitrogens is 3. The van der Waals surface area contributed by atoms with Crippen LogP contribution in [0.3, 0.4) is 0 Å². The van der Waals surface area contributed by atoms with E-state index < -0.39 is 10.5 Å². The quantitative estimate of drug-likeness (QED) is 0.0258. The number of anilines is 1. The molecule has 0 radical (unpaired) electrons. The van der Waals surface area contributed by atoms with Gasteiger partial charge >= 0.3 is 5.97 Å². The normalized spacial score (nSPS) is 13.9. The fourth-order valence-electron chi connectivity index (χ4n) is 7.53. The minimum atomic E-state index is -0.872. The van der Waals surface area contributed by atoms with E-state index in [9.17, 15) is 19.7 Å². The van der Waals surface area contributed by atoms with Crippen molar-refractivity contribution in [3.63, 3.8) is 0 Å². The number of hydrogen-bond donors (Lipinski definition) is 0. The van der Waals surface area contributed by atoms with Crippen LogP contribution >= 0.6 is 11.8 Å². The van der Waals surface area contributed by atoms with Crippen molar-refractivity contribution in [2.45, 2.75) is 102 Å². The average molecular weight is 838 g/mol. The van der Waals surface area contributed by atoms with Gasteiger partial charge in [0, 0.05) is 63.4 Å². The van der Waals surface area contributed by atoms with Crippen LogP contribution in [0.4, 0.5) is 5.69 Å².